The minimum Gasteiger partial charge on any atom is -0.494 e. The second-order valence-electron chi connectivity index (χ2n) is 3.30. The molecule has 1 aliphatic rings. The second-order valence-corrected chi connectivity index (χ2v) is 3.30. The maximum atomic E-state index is 13.4. The second kappa shape index (κ2) is 3.73. The highest BCUT2D eigenvalue weighted by molar-refractivity contribution is 5.86. The first-order chi connectivity index (χ1) is 7.20. The Morgan fingerprint density at radius 1 is 1.47 bits per heavy atom. The van der Waals surface area contributed by atoms with Gasteiger partial charge in [-0.05, 0) is 29.3 Å². The number of methoxy groups -OCH3 is 1. The Hall–Kier alpha value is -1.84. The number of nitrogens with two attached hydrogens (primary N) is 1. The van der Waals surface area contributed by atoms with Gasteiger partial charge in [-0.25, -0.2) is 9.38 Å². The zero-order valence-corrected chi connectivity index (χ0v) is 8.33. The van der Waals surface area contributed by atoms with E-state index in [0.29, 0.717) is 12.3 Å². The van der Waals surface area contributed by atoms with Gasteiger partial charge in [-0.3, -0.25) is 0 Å². The van der Waals surface area contributed by atoms with Crippen LogP contribution in [0.4, 0.5) is 4.39 Å². The highest BCUT2D eigenvalue weighted by Gasteiger charge is 2.11. The van der Waals surface area contributed by atoms with Crippen LogP contribution in [-0.2, 0) is 6.42 Å². The molecule has 0 saturated heterocycles. The molecule has 1 heterocycles. The lowest BCUT2D eigenvalue weighted by Crippen LogP contribution is -2.14. The lowest BCUT2D eigenvalue weighted by atomic mass is 10.0. The molecule has 1 aromatic carbocycles. The molecule has 0 radical (unpaired) electrons. The standard InChI is InChI=1S/C11H11FN2O/c1-15-10-5-7-2-3-14-11(13)6-8(7)4-9(10)12/h2-5H,6H2,1H3,(H2,13,14). The van der Waals surface area contributed by atoms with Crippen LogP contribution in [0.5, 0.6) is 5.75 Å². The van der Waals surface area contributed by atoms with E-state index in [1.165, 1.54) is 13.2 Å². The monoisotopic (exact) mass is 206 g/mol. The summed E-state index contributed by atoms with van der Waals surface area (Å²) in [6.07, 6.45) is 3.86. The fourth-order valence-corrected chi connectivity index (χ4v) is 1.53. The molecule has 15 heavy (non-hydrogen) atoms. The third-order valence-corrected chi connectivity index (χ3v) is 2.28. The van der Waals surface area contributed by atoms with Gasteiger partial charge in [0.25, 0.3) is 0 Å². The van der Waals surface area contributed by atoms with Crippen LogP contribution in [0.25, 0.3) is 6.08 Å². The van der Waals surface area contributed by atoms with Crippen molar-refractivity contribution >= 4 is 11.9 Å². The fourth-order valence-electron chi connectivity index (χ4n) is 1.53. The summed E-state index contributed by atoms with van der Waals surface area (Å²) in [4.78, 5) is 3.97. The van der Waals surface area contributed by atoms with Crippen molar-refractivity contribution in [2.45, 2.75) is 6.42 Å². The average molecular weight is 206 g/mol. The maximum absolute atomic E-state index is 13.4. The summed E-state index contributed by atoms with van der Waals surface area (Å²) in [5.41, 5.74) is 7.32. The van der Waals surface area contributed by atoms with Crippen molar-refractivity contribution in [2.75, 3.05) is 7.11 Å². The summed E-state index contributed by atoms with van der Waals surface area (Å²) in [7, 11) is 1.44. The zero-order valence-electron chi connectivity index (χ0n) is 8.33. The van der Waals surface area contributed by atoms with Crippen LogP contribution in [0, 0.1) is 5.82 Å². The molecule has 0 atom stereocenters. The molecule has 2 rings (SSSR count). The van der Waals surface area contributed by atoms with Gasteiger partial charge < -0.3 is 10.5 Å². The lowest BCUT2D eigenvalue weighted by Gasteiger charge is -2.07. The summed E-state index contributed by atoms with van der Waals surface area (Å²) in [6, 6.07) is 3.08. The molecule has 0 aliphatic carbocycles. The Labute approximate surface area is 87.1 Å². The van der Waals surface area contributed by atoms with Crippen molar-refractivity contribution in [1.82, 2.24) is 0 Å². The third-order valence-electron chi connectivity index (χ3n) is 2.28. The van der Waals surface area contributed by atoms with Crippen LogP contribution in [0.1, 0.15) is 11.1 Å². The van der Waals surface area contributed by atoms with Crippen molar-refractivity contribution < 1.29 is 9.13 Å². The average Bonchev–Trinajstić information content (AvgIpc) is 2.37. The molecule has 0 fully saturated rings. The number of nitrogens with zero attached hydrogens (tertiary/aromatic N) is 1. The molecule has 0 saturated carbocycles. The zero-order chi connectivity index (χ0) is 10.8. The Balaban J connectivity index is 2.52. The Morgan fingerprint density at radius 3 is 3.00 bits per heavy atom. The van der Waals surface area contributed by atoms with Gasteiger partial charge >= 0.3 is 0 Å². The van der Waals surface area contributed by atoms with Gasteiger partial charge in [-0.2, -0.15) is 0 Å². The predicted molar refractivity (Wildman–Crippen MR) is 57.3 cm³/mol. The highest BCUT2D eigenvalue weighted by Crippen LogP contribution is 2.24. The van der Waals surface area contributed by atoms with E-state index in [0.717, 1.165) is 11.1 Å². The SMILES string of the molecule is COc1cc2c(cc1F)CC(N)=NC=C2. The van der Waals surface area contributed by atoms with E-state index in [1.54, 1.807) is 18.3 Å². The minimum absolute atomic E-state index is 0.235. The molecule has 0 unspecified atom stereocenters. The highest BCUT2D eigenvalue weighted by atomic mass is 19.1. The molecule has 0 aromatic heterocycles. The van der Waals surface area contributed by atoms with Gasteiger partial charge in [0.05, 0.1) is 7.11 Å². The number of ether oxygens (including phenoxy) is 1. The van der Waals surface area contributed by atoms with Crippen molar-refractivity contribution in [3.63, 3.8) is 0 Å². The van der Waals surface area contributed by atoms with E-state index in [4.69, 9.17) is 10.5 Å². The molecule has 2 N–H and O–H groups in total. The fraction of sp³-hybridized carbons (Fsp3) is 0.182. The largest absolute Gasteiger partial charge is 0.494 e. The van der Waals surface area contributed by atoms with Gasteiger partial charge in [0.1, 0.15) is 5.84 Å². The van der Waals surface area contributed by atoms with E-state index < -0.39 is 0 Å². The van der Waals surface area contributed by atoms with Crippen LogP contribution in [0.2, 0.25) is 0 Å². The number of fused-ring (bicyclic) bond motifs is 1. The normalized spacial score (nSPS) is 14.1. The molecule has 78 valence electrons. The Morgan fingerprint density at radius 2 is 2.27 bits per heavy atom. The van der Waals surface area contributed by atoms with Crippen LogP contribution in [0.15, 0.2) is 23.3 Å². The van der Waals surface area contributed by atoms with E-state index in [1.807, 2.05) is 0 Å². The first kappa shape index (κ1) is 9.71. The van der Waals surface area contributed by atoms with Crippen LogP contribution < -0.4 is 10.5 Å². The van der Waals surface area contributed by atoms with E-state index >= 15 is 0 Å². The van der Waals surface area contributed by atoms with Crippen LogP contribution in [-0.4, -0.2) is 12.9 Å². The van der Waals surface area contributed by atoms with E-state index in [9.17, 15) is 4.39 Å². The number of halogens is 1. The number of hydrogen-bond donors (Lipinski definition) is 1. The molecule has 0 spiro atoms. The number of rotatable bonds is 1. The lowest BCUT2D eigenvalue weighted by molar-refractivity contribution is 0.386. The first-order valence-corrected chi connectivity index (χ1v) is 4.56. The topological polar surface area (TPSA) is 47.6 Å². The maximum Gasteiger partial charge on any atom is 0.165 e. The molecule has 0 bridgehead atoms. The summed E-state index contributed by atoms with van der Waals surface area (Å²) < 4.78 is 18.3. The van der Waals surface area contributed by atoms with Crippen molar-refractivity contribution in [3.8, 4) is 5.75 Å². The van der Waals surface area contributed by atoms with Gasteiger partial charge in [-0.15, -0.1) is 0 Å². The van der Waals surface area contributed by atoms with Gasteiger partial charge in [0.2, 0.25) is 0 Å². The summed E-state index contributed by atoms with van der Waals surface area (Å²) in [5.74, 6) is 0.341. The predicted octanol–water partition coefficient (Wildman–Crippen LogP) is 1.72. The molecule has 3 nitrogen and oxygen atoms in total. The van der Waals surface area contributed by atoms with Crippen molar-refractivity contribution in [2.24, 2.45) is 10.7 Å². The number of benzene rings is 1. The van der Waals surface area contributed by atoms with Gasteiger partial charge in [0, 0.05) is 12.6 Å². The number of hydrogen-bond acceptors (Lipinski definition) is 3. The molecule has 1 aliphatic heterocycles. The summed E-state index contributed by atoms with van der Waals surface area (Å²) in [5, 5.41) is 0. The number of aliphatic imine (C=N–C) groups is 1. The van der Waals surface area contributed by atoms with Gasteiger partial charge in [0.15, 0.2) is 11.6 Å². The first-order valence-electron chi connectivity index (χ1n) is 4.56. The Bertz CT molecular complexity index is 452. The molecule has 1 aromatic rings. The molecular weight excluding hydrogens is 195 g/mol. The number of amidine groups is 1. The van der Waals surface area contributed by atoms with Gasteiger partial charge in [-0.1, -0.05) is 0 Å². The van der Waals surface area contributed by atoms with E-state index in [2.05, 4.69) is 4.99 Å². The van der Waals surface area contributed by atoms with Crippen LogP contribution >= 0.6 is 0 Å². The third kappa shape index (κ3) is 1.83. The summed E-state index contributed by atoms with van der Waals surface area (Å²) in [6.45, 7) is 0. The summed E-state index contributed by atoms with van der Waals surface area (Å²) >= 11 is 0. The van der Waals surface area contributed by atoms with E-state index in [-0.39, 0.29) is 11.6 Å². The van der Waals surface area contributed by atoms with Crippen LogP contribution in [0.3, 0.4) is 0 Å². The smallest absolute Gasteiger partial charge is 0.165 e. The molecule has 0 amide bonds. The minimum atomic E-state index is -0.376. The Kier molecular flexibility index (Phi) is 2.41. The van der Waals surface area contributed by atoms with Crippen molar-refractivity contribution in [3.05, 3.63) is 35.3 Å². The van der Waals surface area contributed by atoms with Crippen molar-refractivity contribution in [1.29, 1.82) is 0 Å². The molecule has 4 heteroatoms. The molecular formula is C11H11FN2O. The quantitative estimate of drug-likeness (QED) is 0.760.